The van der Waals surface area contributed by atoms with Gasteiger partial charge in [-0.25, -0.2) is 0 Å². The highest BCUT2D eigenvalue weighted by molar-refractivity contribution is 7.86. The maximum Gasteiger partial charge on any atom is 0.281 e. The average Bonchev–Trinajstić information content (AvgIpc) is 2.64. The van der Waals surface area contributed by atoms with Crippen LogP contribution in [0, 0.1) is 5.92 Å². The van der Waals surface area contributed by atoms with E-state index in [1.54, 1.807) is 0 Å². The summed E-state index contributed by atoms with van der Waals surface area (Å²) in [6, 6.07) is 7.98. The molecular weight excluding hydrogens is 378 g/mol. The molecule has 158 valence electrons. The fraction of sp³-hybridized carbons (Fsp3) is 0.650. The molecule has 1 aliphatic rings. The summed E-state index contributed by atoms with van der Waals surface area (Å²) >= 11 is 0. The lowest BCUT2D eigenvalue weighted by atomic mass is 9.87. The summed E-state index contributed by atoms with van der Waals surface area (Å²) in [7, 11) is -0.471. The number of carbonyl (C=O) groups excluding carboxylic acids is 1. The lowest BCUT2D eigenvalue weighted by molar-refractivity contribution is -0.126. The van der Waals surface area contributed by atoms with Gasteiger partial charge in [-0.2, -0.15) is 17.0 Å². The van der Waals surface area contributed by atoms with Crippen LogP contribution in [0.25, 0.3) is 0 Å². The van der Waals surface area contributed by atoms with Gasteiger partial charge < -0.3 is 10.1 Å². The van der Waals surface area contributed by atoms with Crippen molar-refractivity contribution in [2.24, 2.45) is 5.92 Å². The predicted octanol–water partition coefficient (Wildman–Crippen LogP) is 2.00. The van der Waals surface area contributed by atoms with Crippen LogP contribution < -0.4 is 10.1 Å². The molecule has 8 heteroatoms. The van der Waals surface area contributed by atoms with Crippen LogP contribution in [0.4, 0.5) is 0 Å². The largest absolute Gasteiger partial charge is 0.492 e. The van der Waals surface area contributed by atoms with Gasteiger partial charge in [-0.15, -0.1) is 0 Å². The van der Waals surface area contributed by atoms with Crippen molar-refractivity contribution in [3.8, 4) is 5.75 Å². The first-order chi connectivity index (χ1) is 13.0. The highest BCUT2D eigenvalue weighted by Gasteiger charge is 2.33. The fourth-order valence-electron chi connectivity index (χ4n) is 3.14. The van der Waals surface area contributed by atoms with E-state index in [4.69, 9.17) is 4.74 Å². The van der Waals surface area contributed by atoms with Crippen molar-refractivity contribution in [3.05, 3.63) is 29.8 Å². The van der Waals surface area contributed by atoms with Crippen molar-refractivity contribution in [1.82, 2.24) is 13.9 Å². The number of ether oxygens (including phenoxy) is 1. The van der Waals surface area contributed by atoms with E-state index < -0.39 is 10.2 Å². The molecule has 28 heavy (non-hydrogen) atoms. The fourth-order valence-corrected chi connectivity index (χ4v) is 4.33. The number of nitrogens with zero attached hydrogens (tertiary/aromatic N) is 2. The zero-order valence-corrected chi connectivity index (χ0v) is 18.4. The summed E-state index contributed by atoms with van der Waals surface area (Å²) in [5.41, 5.74) is 1.34. The quantitative estimate of drug-likeness (QED) is 0.696. The third-order valence-corrected chi connectivity index (χ3v) is 6.84. The highest BCUT2D eigenvalue weighted by Crippen LogP contribution is 2.24. The van der Waals surface area contributed by atoms with Gasteiger partial charge in [-0.1, -0.05) is 32.9 Å². The lowest BCUT2D eigenvalue weighted by Crippen LogP contribution is -2.49. The van der Waals surface area contributed by atoms with Gasteiger partial charge in [0, 0.05) is 27.2 Å². The molecule has 2 rings (SSSR count). The Kier molecular flexibility index (Phi) is 7.47. The molecule has 1 aromatic rings. The van der Waals surface area contributed by atoms with Gasteiger partial charge in [0.15, 0.2) is 0 Å². The summed E-state index contributed by atoms with van der Waals surface area (Å²) in [4.78, 5) is 12.4. The molecule has 1 saturated heterocycles. The smallest absolute Gasteiger partial charge is 0.281 e. The van der Waals surface area contributed by atoms with Crippen molar-refractivity contribution < 1.29 is 17.9 Å². The van der Waals surface area contributed by atoms with Crippen molar-refractivity contribution in [3.63, 3.8) is 0 Å². The van der Waals surface area contributed by atoms with Gasteiger partial charge in [0.05, 0.1) is 12.5 Å². The van der Waals surface area contributed by atoms with E-state index >= 15 is 0 Å². The first-order valence-electron chi connectivity index (χ1n) is 9.70. The first-order valence-corrected chi connectivity index (χ1v) is 11.1. The average molecular weight is 412 g/mol. The Hall–Kier alpha value is -1.64. The predicted molar refractivity (Wildman–Crippen MR) is 111 cm³/mol. The second-order valence-electron chi connectivity index (χ2n) is 8.40. The molecule has 1 heterocycles. The minimum absolute atomic E-state index is 0.0977. The van der Waals surface area contributed by atoms with Crippen LogP contribution in [0.5, 0.6) is 5.75 Å². The maximum atomic E-state index is 12.4. The van der Waals surface area contributed by atoms with Crippen LogP contribution in [0.2, 0.25) is 0 Å². The number of rotatable bonds is 7. The summed E-state index contributed by atoms with van der Waals surface area (Å²) in [5.74, 6) is 0.322. The van der Waals surface area contributed by atoms with Crippen LogP contribution in [-0.4, -0.2) is 63.3 Å². The molecule has 1 aromatic carbocycles. The molecule has 0 unspecified atom stereocenters. The van der Waals surface area contributed by atoms with Crippen molar-refractivity contribution in [2.45, 2.75) is 39.0 Å². The van der Waals surface area contributed by atoms with Gasteiger partial charge in [0.1, 0.15) is 12.4 Å². The van der Waals surface area contributed by atoms with Crippen LogP contribution in [-0.2, 0) is 20.4 Å². The summed E-state index contributed by atoms with van der Waals surface area (Å²) < 4.78 is 32.8. The number of piperidine rings is 1. The zero-order valence-electron chi connectivity index (χ0n) is 17.6. The monoisotopic (exact) mass is 411 g/mol. The Bertz CT molecular complexity index is 755. The van der Waals surface area contributed by atoms with E-state index in [1.807, 2.05) is 12.1 Å². The van der Waals surface area contributed by atoms with E-state index in [0.717, 1.165) is 5.75 Å². The third-order valence-electron chi connectivity index (χ3n) is 4.93. The molecule has 0 aromatic heterocycles. The van der Waals surface area contributed by atoms with E-state index in [0.29, 0.717) is 32.5 Å². The minimum Gasteiger partial charge on any atom is -0.492 e. The summed E-state index contributed by atoms with van der Waals surface area (Å²) in [6.07, 6.45) is 1.38. The van der Waals surface area contributed by atoms with Crippen LogP contribution >= 0.6 is 0 Å². The molecule has 1 amide bonds. The van der Waals surface area contributed by atoms with Gasteiger partial charge in [-0.3, -0.25) is 4.79 Å². The molecule has 0 spiro atoms. The Morgan fingerprint density at radius 3 is 2.46 bits per heavy atom. The van der Waals surface area contributed by atoms with Crippen LogP contribution in [0.15, 0.2) is 24.3 Å². The first kappa shape index (κ1) is 22.6. The molecule has 0 bridgehead atoms. The number of nitrogens with one attached hydrogen (secondary N) is 1. The van der Waals surface area contributed by atoms with E-state index in [-0.39, 0.29) is 23.8 Å². The molecule has 1 N–H and O–H groups in total. The van der Waals surface area contributed by atoms with E-state index in [1.165, 1.54) is 28.3 Å². The Morgan fingerprint density at radius 2 is 1.89 bits per heavy atom. The molecule has 7 nitrogen and oxygen atoms in total. The minimum atomic E-state index is -3.48. The number of amides is 1. The molecule has 1 aliphatic heterocycles. The number of hydrogen-bond donors (Lipinski definition) is 1. The van der Waals surface area contributed by atoms with Crippen molar-refractivity contribution in [1.29, 1.82) is 0 Å². The van der Waals surface area contributed by atoms with Gasteiger partial charge >= 0.3 is 0 Å². The topological polar surface area (TPSA) is 79.0 Å². The second-order valence-corrected chi connectivity index (χ2v) is 10.5. The number of carbonyl (C=O) groups is 1. The number of benzene rings is 1. The van der Waals surface area contributed by atoms with Gasteiger partial charge in [-0.05, 0) is 36.0 Å². The highest BCUT2D eigenvalue weighted by atomic mass is 32.2. The van der Waals surface area contributed by atoms with Crippen LogP contribution in [0.3, 0.4) is 0 Å². The Labute approximate surface area is 169 Å². The molecular formula is C20H33N3O4S. The SMILES string of the molecule is CN(C)S(=O)(=O)N1CCC[C@@H](C(=O)NCCOc2ccc(C(C)(C)C)cc2)C1. The standard InChI is InChI=1S/C20H33N3O4S/c1-20(2,3)17-8-10-18(11-9-17)27-14-12-21-19(24)16-7-6-13-23(15-16)28(25,26)22(4)5/h8-11,16H,6-7,12-15H2,1-5H3,(H,21,24)/t16-/m1/s1. The summed E-state index contributed by atoms with van der Waals surface area (Å²) in [6.45, 7) is 7.92. The molecule has 1 fully saturated rings. The summed E-state index contributed by atoms with van der Waals surface area (Å²) in [5, 5.41) is 2.86. The Morgan fingerprint density at radius 1 is 1.25 bits per heavy atom. The van der Waals surface area contributed by atoms with Crippen molar-refractivity contribution >= 4 is 16.1 Å². The van der Waals surface area contributed by atoms with Gasteiger partial charge in [0.25, 0.3) is 10.2 Å². The normalized spacial score (nSPS) is 18.9. The lowest BCUT2D eigenvalue weighted by Gasteiger charge is -2.32. The number of hydrogen-bond acceptors (Lipinski definition) is 4. The Balaban J connectivity index is 1.78. The molecule has 1 atom stereocenters. The molecule has 0 aliphatic carbocycles. The molecule has 0 radical (unpaired) electrons. The van der Waals surface area contributed by atoms with E-state index in [9.17, 15) is 13.2 Å². The van der Waals surface area contributed by atoms with E-state index in [2.05, 4.69) is 38.2 Å². The van der Waals surface area contributed by atoms with Crippen molar-refractivity contribution in [2.75, 3.05) is 40.3 Å². The zero-order chi connectivity index (χ0) is 20.9. The molecule has 0 saturated carbocycles. The second kappa shape index (κ2) is 9.24. The van der Waals surface area contributed by atoms with Crippen LogP contribution in [0.1, 0.15) is 39.2 Å². The maximum absolute atomic E-state index is 12.4. The van der Waals surface area contributed by atoms with Gasteiger partial charge in [0.2, 0.25) is 5.91 Å². The third kappa shape index (κ3) is 5.93.